The quantitative estimate of drug-likeness (QED) is 0.465. The average molecular weight is 585 g/mol. The lowest BCUT2D eigenvalue weighted by atomic mass is 10.1. The number of amides is 2. The molecule has 1 aliphatic carbocycles. The standard InChI is InChI=1S/C25H31BrClN3O4S/c1-17-8-13-21(27)14-23(17)30(35(3,33)34)16-24(31)29(15-19-9-11-20(26)12-10-19)18(2)25(32)28-22-6-4-5-7-22/h8-14,18,22H,4-7,15-16H2,1-3H3,(H,28,32)/t18-/m0/s1. The Hall–Kier alpha value is -2.10. The van der Waals surface area contributed by atoms with Crippen molar-refractivity contribution in [2.45, 2.75) is 58.2 Å². The molecular formula is C25H31BrClN3O4S. The minimum Gasteiger partial charge on any atom is -0.352 e. The largest absolute Gasteiger partial charge is 0.352 e. The van der Waals surface area contributed by atoms with E-state index in [0.717, 1.165) is 46.3 Å². The van der Waals surface area contributed by atoms with Gasteiger partial charge in [0.1, 0.15) is 12.6 Å². The summed E-state index contributed by atoms with van der Waals surface area (Å²) < 4.78 is 27.4. The van der Waals surface area contributed by atoms with Crippen molar-refractivity contribution in [2.75, 3.05) is 17.1 Å². The Bertz CT molecular complexity index is 1170. The molecular weight excluding hydrogens is 554 g/mol. The van der Waals surface area contributed by atoms with E-state index < -0.39 is 28.5 Å². The number of sulfonamides is 1. The number of rotatable bonds is 9. The Morgan fingerprint density at radius 1 is 1.14 bits per heavy atom. The molecule has 1 atom stereocenters. The molecule has 0 aliphatic heterocycles. The van der Waals surface area contributed by atoms with E-state index in [4.69, 9.17) is 11.6 Å². The number of carbonyl (C=O) groups excluding carboxylic acids is 2. The lowest BCUT2D eigenvalue weighted by Crippen LogP contribution is -2.52. The third kappa shape index (κ3) is 7.44. The Labute approximate surface area is 221 Å². The maximum absolute atomic E-state index is 13.6. The Morgan fingerprint density at radius 2 is 1.77 bits per heavy atom. The van der Waals surface area contributed by atoms with Gasteiger partial charge in [-0.05, 0) is 62.1 Å². The molecule has 2 amide bonds. The highest BCUT2D eigenvalue weighted by molar-refractivity contribution is 9.10. The second-order valence-corrected chi connectivity index (χ2v) is 12.3. The van der Waals surface area contributed by atoms with E-state index in [1.165, 1.54) is 11.0 Å². The number of halogens is 2. The van der Waals surface area contributed by atoms with Crippen LogP contribution in [0.3, 0.4) is 0 Å². The smallest absolute Gasteiger partial charge is 0.244 e. The van der Waals surface area contributed by atoms with Gasteiger partial charge in [0.2, 0.25) is 21.8 Å². The number of aryl methyl sites for hydroxylation is 1. The highest BCUT2D eigenvalue weighted by atomic mass is 79.9. The fraction of sp³-hybridized carbons (Fsp3) is 0.440. The van der Waals surface area contributed by atoms with Crippen LogP contribution >= 0.6 is 27.5 Å². The first-order chi connectivity index (χ1) is 16.5. The predicted octanol–water partition coefficient (Wildman–Crippen LogP) is 4.65. The summed E-state index contributed by atoms with van der Waals surface area (Å²) in [5.74, 6) is -0.723. The highest BCUT2D eigenvalue weighted by Crippen LogP contribution is 2.27. The molecule has 0 saturated heterocycles. The van der Waals surface area contributed by atoms with E-state index in [9.17, 15) is 18.0 Å². The lowest BCUT2D eigenvalue weighted by Gasteiger charge is -2.32. The van der Waals surface area contributed by atoms with E-state index >= 15 is 0 Å². The summed E-state index contributed by atoms with van der Waals surface area (Å²) in [5, 5.41) is 3.41. The van der Waals surface area contributed by atoms with Gasteiger partial charge in [-0.1, -0.05) is 58.6 Å². The van der Waals surface area contributed by atoms with Crippen LogP contribution in [0.5, 0.6) is 0 Å². The number of hydrogen-bond acceptors (Lipinski definition) is 4. The van der Waals surface area contributed by atoms with Crippen molar-refractivity contribution in [1.82, 2.24) is 10.2 Å². The molecule has 0 unspecified atom stereocenters. The topological polar surface area (TPSA) is 86.8 Å². The Kier molecular flexibility index (Phi) is 9.23. The van der Waals surface area contributed by atoms with Gasteiger partial charge in [0.05, 0.1) is 11.9 Å². The minimum absolute atomic E-state index is 0.108. The highest BCUT2D eigenvalue weighted by Gasteiger charge is 2.31. The number of anilines is 1. The summed E-state index contributed by atoms with van der Waals surface area (Å²) in [5.41, 5.74) is 1.83. The molecule has 2 aromatic rings. The van der Waals surface area contributed by atoms with Crippen molar-refractivity contribution in [3.05, 3.63) is 63.1 Å². The third-order valence-electron chi connectivity index (χ3n) is 6.25. The molecule has 0 aromatic heterocycles. The molecule has 1 fully saturated rings. The van der Waals surface area contributed by atoms with Gasteiger partial charge < -0.3 is 10.2 Å². The fourth-order valence-corrected chi connectivity index (χ4v) is 5.54. The van der Waals surface area contributed by atoms with E-state index in [1.54, 1.807) is 26.0 Å². The van der Waals surface area contributed by atoms with Crippen LogP contribution in [0, 0.1) is 6.92 Å². The van der Waals surface area contributed by atoms with Gasteiger partial charge in [-0.3, -0.25) is 13.9 Å². The van der Waals surface area contributed by atoms with Crippen LogP contribution in [-0.2, 0) is 26.2 Å². The predicted molar refractivity (Wildman–Crippen MR) is 143 cm³/mol. The van der Waals surface area contributed by atoms with Crippen LogP contribution in [0.15, 0.2) is 46.9 Å². The molecule has 0 bridgehead atoms. The normalized spacial score (nSPS) is 15.0. The van der Waals surface area contributed by atoms with E-state index in [1.807, 2.05) is 24.3 Å². The zero-order chi connectivity index (χ0) is 25.8. The van der Waals surface area contributed by atoms with Gasteiger partial charge in [0, 0.05) is 22.1 Å². The summed E-state index contributed by atoms with van der Waals surface area (Å²) in [4.78, 5) is 28.1. The molecule has 0 heterocycles. The fourth-order valence-electron chi connectivity index (χ4n) is 4.21. The molecule has 0 spiro atoms. The van der Waals surface area contributed by atoms with Crippen LogP contribution < -0.4 is 9.62 Å². The molecule has 10 heteroatoms. The van der Waals surface area contributed by atoms with Crippen molar-refractivity contribution in [2.24, 2.45) is 0 Å². The van der Waals surface area contributed by atoms with Crippen LogP contribution in [-0.4, -0.2) is 50.0 Å². The molecule has 2 aromatic carbocycles. The van der Waals surface area contributed by atoms with Crippen molar-refractivity contribution in [3.63, 3.8) is 0 Å². The molecule has 35 heavy (non-hydrogen) atoms. The summed E-state index contributed by atoms with van der Waals surface area (Å²) in [6.07, 6.45) is 5.05. The average Bonchev–Trinajstić information content (AvgIpc) is 3.30. The zero-order valence-corrected chi connectivity index (χ0v) is 23.3. The van der Waals surface area contributed by atoms with E-state index in [2.05, 4.69) is 21.2 Å². The molecule has 1 aliphatic rings. The number of benzene rings is 2. The van der Waals surface area contributed by atoms with Gasteiger partial charge in [0.15, 0.2) is 0 Å². The van der Waals surface area contributed by atoms with Crippen molar-refractivity contribution < 1.29 is 18.0 Å². The maximum atomic E-state index is 13.6. The molecule has 3 rings (SSSR count). The van der Waals surface area contributed by atoms with Crippen molar-refractivity contribution in [1.29, 1.82) is 0 Å². The molecule has 1 N–H and O–H groups in total. The number of hydrogen-bond donors (Lipinski definition) is 1. The zero-order valence-electron chi connectivity index (χ0n) is 20.1. The Balaban J connectivity index is 1.90. The molecule has 0 radical (unpaired) electrons. The van der Waals surface area contributed by atoms with Crippen LogP contribution in [0.2, 0.25) is 5.02 Å². The molecule has 7 nitrogen and oxygen atoms in total. The first-order valence-corrected chi connectivity index (χ1v) is 14.6. The first kappa shape index (κ1) is 27.5. The van der Waals surface area contributed by atoms with Gasteiger partial charge in [0.25, 0.3) is 0 Å². The first-order valence-electron chi connectivity index (χ1n) is 11.5. The maximum Gasteiger partial charge on any atom is 0.244 e. The van der Waals surface area contributed by atoms with E-state index in [0.29, 0.717) is 16.3 Å². The lowest BCUT2D eigenvalue weighted by molar-refractivity contribution is -0.139. The number of nitrogens with zero attached hydrogens (tertiary/aromatic N) is 2. The van der Waals surface area contributed by atoms with Crippen LogP contribution in [0.4, 0.5) is 5.69 Å². The van der Waals surface area contributed by atoms with Gasteiger partial charge in [-0.15, -0.1) is 0 Å². The molecule has 190 valence electrons. The number of nitrogens with one attached hydrogen (secondary N) is 1. The summed E-state index contributed by atoms with van der Waals surface area (Å²) >= 11 is 9.54. The van der Waals surface area contributed by atoms with Gasteiger partial charge >= 0.3 is 0 Å². The van der Waals surface area contributed by atoms with Crippen molar-refractivity contribution >= 4 is 55.1 Å². The second kappa shape index (κ2) is 11.8. The second-order valence-electron chi connectivity index (χ2n) is 9.01. The SMILES string of the molecule is Cc1ccc(Cl)cc1N(CC(=O)N(Cc1ccc(Br)cc1)[C@@H](C)C(=O)NC1CCCC1)S(C)(=O)=O. The Morgan fingerprint density at radius 3 is 2.37 bits per heavy atom. The van der Waals surface area contributed by atoms with Crippen molar-refractivity contribution in [3.8, 4) is 0 Å². The van der Waals surface area contributed by atoms with Crippen LogP contribution in [0.25, 0.3) is 0 Å². The van der Waals surface area contributed by atoms with Crippen LogP contribution in [0.1, 0.15) is 43.7 Å². The summed E-state index contributed by atoms with van der Waals surface area (Å²) in [6.45, 7) is 3.15. The third-order valence-corrected chi connectivity index (χ3v) is 8.14. The minimum atomic E-state index is -3.81. The van der Waals surface area contributed by atoms with Gasteiger partial charge in [-0.25, -0.2) is 8.42 Å². The number of carbonyl (C=O) groups is 2. The molecule has 1 saturated carbocycles. The van der Waals surface area contributed by atoms with Gasteiger partial charge in [-0.2, -0.15) is 0 Å². The monoisotopic (exact) mass is 583 g/mol. The van der Waals surface area contributed by atoms with E-state index in [-0.39, 0.29) is 18.5 Å². The summed E-state index contributed by atoms with van der Waals surface area (Å²) in [6, 6.07) is 11.7. The summed E-state index contributed by atoms with van der Waals surface area (Å²) in [7, 11) is -3.81.